The Labute approximate surface area is 157 Å². The molecule has 0 bridgehead atoms. The average molecular weight is 379 g/mol. The van der Waals surface area contributed by atoms with E-state index in [-0.39, 0.29) is 30.7 Å². The smallest absolute Gasteiger partial charge is 0.305 e. The minimum absolute atomic E-state index is 0.0262. The van der Waals surface area contributed by atoms with Gasteiger partial charge in [0.15, 0.2) is 0 Å². The van der Waals surface area contributed by atoms with E-state index in [9.17, 15) is 14.4 Å². The van der Waals surface area contributed by atoms with Gasteiger partial charge in [-0.3, -0.25) is 14.4 Å². The molecule has 0 spiro atoms. The summed E-state index contributed by atoms with van der Waals surface area (Å²) in [5.41, 5.74) is 0.683. The summed E-state index contributed by atoms with van der Waals surface area (Å²) >= 11 is 5.88. The molecule has 0 radical (unpaired) electrons. The third kappa shape index (κ3) is 4.36. The molecule has 3 rings (SSSR count). The van der Waals surface area contributed by atoms with Crippen molar-refractivity contribution in [2.45, 2.75) is 50.6 Å². The van der Waals surface area contributed by atoms with Crippen LogP contribution in [0.5, 0.6) is 0 Å². The lowest BCUT2D eigenvalue weighted by molar-refractivity contribution is -0.138. The van der Waals surface area contributed by atoms with Crippen molar-refractivity contribution in [3.8, 4) is 0 Å². The van der Waals surface area contributed by atoms with Gasteiger partial charge in [0.05, 0.1) is 18.4 Å². The van der Waals surface area contributed by atoms with Gasteiger partial charge in [0.2, 0.25) is 11.8 Å². The quantitative estimate of drug-likeness (QED) is 0.796. The lowest BCUT2D eigenvalue weighted by Crippen LogP contribution is -2.38. The van der Waals surface area contributed by atoms with Crippen LogP contribution < -0.4 is 5.32 Å². The summed E-state index contributed by atoms with van der Waals surface area (Å²) in [6.07, 6.45) is 4.24. The Morgan fingerprint density at radius 3 is 2.50 bits per heavy atom. The number of nitrogens with one attached hydrogen (secondary N) is 1. The number of halogens is 1. The third-order valence-corrected chi connectivity index (χ3v) is 5.51. The number of carboxylic acid groups (broad SMARTS) is 1. The fourth-order valence-electron chi connectivity index (χ4n) is 3.89. The van der Waals surface area contributed by atoms with Crippen LogP contribution in [0.3, 0.4) is 0 Å². The molecule has 1 aromatic rings. The number of carbonyl (C=O) groups excluding carboxylic acids is 2. The van der Waals surface area contributed by atoms with E-state index in [4.69, 9.17) is 16.7 Å². The van der Waals surface area contributed by atoms with E-state index in [1.165, 1.54) is 0 Å². The molecular formula is C19H23ClN2O4. The minimum atomic E-state index is -1.000. The van der Waals surface area contributed by atoms with Crippen molar-refractivity contribution >= 4 is 29.4 Å². The lowest BCUT2D eigenvalue weighted by atomic mass is 10.0. The molecule has 2 aliphatic rings. The van der Waals surface area contributed by atoms with E-state index in [2.05, 4.69) is 5.32 Å². The van der Waals surface area contributed by atoms with Gasteiger partial charge < -0.3 is 15.3 Å². The van der Waals surface area contributed by atoms with Crippen LogP contribution in [-0.2, 0) is 14.4 Å². The standard InChI is InChI=1S/C19H23ClN2O4/c20-14-7-5-12(6-8-14)16(10-18(24)25)21-19(26)13-9-17(23)22(11-13)15-3-1-2-4-15/h5-8,13,15-16H,1-4,9-11H2,(H,21,26)(H,24,25)/t13?,16-/m0/s1. The topological polar surface area (TPSA) is 86.7 Å². The molecule has 1 saturated carbocycles. The van der Waals surface area contributed by atoms with Gasteiger partial charge in [0.1, 0.15) is 0 Å². The molecule has 2 amide bonds. The Kier molecular flexibility index (Phi) is 5.81. The second-order valence-electron chi connectivity index (χ2n) is 7.10. The molecule has 140 valence electrons. The minimum Gasteiger partial charge on any atom is -0.481 e. The highest BCUT2D eigenvalue weighted by Gasteiger charge is 2.39. The number of rotatable bonds is 6. The van der Waals surface area contributed by atoms with Gasteiger partial charge in [-0.05, 0) is 30.5 Å². The Hall–Kier alpha value is -2.08. The molecule has 0 aromatic heterocycles. The first-order valence-corrected chi connectivity index (χ1v) is 9.39. The van der Waals surface area contributed by atoms with Gasteiger partial charge in [0, 0.05) is 24.0 Å². The van der Waals surface area contributed by atoms with E-state index in [0.29, 0.717) is 17.1 Å². The maximum Gasteiger partial charge on any atom is 0.305 e. The maximum atomic E-state index is 12.7. The van der Waals surface area contributed by atoms with Crippen molar-refractivity contribution in [2.75, 3.05) is 6.54 Å². The number of hydrogen-bond acceptors (Lipinski definition) is 3. The van der Waals surface area contributed by atoms with Gasteiger partial charge in [0.25, 0.3) is 0 Å². The molecule has 1 saturated heterocycles. The fourth-order valence-corrected chi connectivity index (χ4v) is 4.01. The van der Waals surface area contributed by atoms with Crippen molar-refractivity contribution in [1.82, 2.24) is 10.2 Å². The number of benzene rings is 1. The molecule has 2 N–H and O–H groups in total. The lowest BCUT2D eigenvalue weighted by Gasteiger charge is -2.24. The first-order chi connectivity index (χ1) is 12.4. The van der Waals surface area contributed by atoms with Crippen LogP contribution in [0, 0.1) is 5.92 Å². The summed E-state index contributed by atoms with van der Waals surface area (Å²) in [7, 11) is 0. The van der Waals surface area contributed by atoms with Gasteiger partial charge in [-0.15, -0.1) is 0 Å². The molecule has 7 heteroatoms. The number of likely N-dealkylation sites (tertiary alicyclic amines) is 1. The zero-order valence-corrected chi connectivity index (χ0v) is 15.2. The monoisotopic (exact) mass is 378 g/mol. The maximum absolute atomic E-state index is 12.7. The second-order valence-corrected chi connectivity index (χ2v) is 7.53. The largest absolute Gasteiger partial charge is 0.481 e. The summed E-state index contributed by atoms with van der Waals surface area (Å²) in [6.45, 7) is 0.426. The Morgan fingerprint density at radius 1 is 1.23 bits per heavy atom. The molecule has 6 nitrogen and oxygen atoms in total. The van der Waals surface area contributed by atoms with Crippen LogP contribution in [0.4, 0.5) is 0 Å². The van der Waals surface area contributed by atoms with Crippen molar-refractivity contribution in [2.24, 2.45) is 5.92 Å². The van der Waals surface area contributed by atoms with Gasteiger partial charge in [-0.1, -0.05) is 36.6 Å². The number of aliphatic carboxylic acids is 1. The predicted molar refractivity (Wildman–Crippen MR) is 96.7 cm³/mol. The van der Waals surface area contributed by atoms with E-state index < -0.39 is 17.9 Å². The van der Waals surface area contributed by atoms with Gasteiger partial charge >= 0.3 is 5.97 Å². The summed E-state index contributed by atoms with van der Waals surface area (Å²) in [4.78, 5) is 38.0. The molecule has 26 heavy (non-hydrogen) atoms. The molecule has 1 unspecified atom stereocenters. The number of amides is 2. The molecule has 2 fully saturated rings. The fraction of sp³-hybridized carbons (Fsp3) is 0.526. The molecule has 1 aromatic carbocycles. The van der Waals surface area contributed by atoms with E-state index in [1.807, 2.05) is 4.90 Å². The summed E-state index contributed by atoms with van der Waals surface area (Å²) < 4.78 is 0. The SMILES string of the molecule is O=C(O)C[C@H](NC(=O)C1CC(=O)N(C2CCCC2)C1)c1ccc(Cl)cc1. The van der Waals surface area contributed by atoms with Crippen LogP contribution in [0.1, 0.15) is 50.1 Å². The predicted octanol–water partition coefficient (Wildman–Crippen LogP) is 2.76. The van der Waals surface area contributed by atoms with Crippen molar-refractivity contribution < 1.29 is 19.5 Å². The summed E-state index contributed by atoms with van der Waals surface area (Å²) in [6, 6.07) is 6.36. The molecule has 1 aliphatic carbocycles. The zero-order valence-electron chi connectivity index (χ0n) is 14.5. The van der Waals surface area contributed by atoms with E-state index in [0.717, 1.165) is 25.7 Å². The van der Waals surface area contributed by atoms with Crippen LogP contribution >= 0.6 is 11.6 Å². The van der Waals surface area contributed by atoms with Crippen LogP contribution in [0.2, 0.25) is 5.02 Å². The Bertz CT molecular complexity index is 685. The normalized spacial score (nSPS) is 21.8. The highest BCUT2D eigenvalue weighted by molar-refractivity contribution is 6.30. The van der Waals surface area contributed by atoms with Crippen LogP contribution in [0.25, 0.3) is 0 Å². The van der Waals surface area contributed by atoms with Crippen molar-refractivity contribution in [1.29, 1.82) is 0 Å². The summed E-state index contributed by atoms with van der Waals surface area (Å²) in [5.74, 6) is -1.66. The molecular weight excluding hydrogens is 356 g/mol. The molecule has 1 heterocycles. The second kappa shape index (κ2) is 8.08. The first kappa shape index (κ1) is 18.7. The molecule has 2 atom stereocenters. The average Bonchev–Trinajstić information content (AvgIpc) is 3.23. The molecule has 1 aliphatic heterocycles. The number of hydrogen-bond donors (Lipinski definition) is 2. The zero-order chi connectivity index (χ0) is 18.7. The van der Waals surface area contributed by atoms with Crippen molar-refractivity contribution in [3.05, 3.63) is 34.9 Å². The Balaban J connectivity index is 1.66. The van der Waals surface area contributed by atoms with Gasteiger partial charge in [-0.25, -0.2) is 0 Å². The Morgan fingerprint density at radius 2 is 1.88 bits per heavy atom. The highest BCUT2D eigenvalue weighted by Crippen LogP contribution is 2.30. The van der Waals surface area contributed by atoms with Crippen LogP contribution in [-0.4, -0.2) is 40.4 Å². The summed E-state index contributed by atoms with van der Waals surface area (Å²) in [5, 5.41) is 12.5. The van der Waals surface area contributed by atoms with Crippen LogP contribution in [0.15, 0.2) is 24.3 Å². The highest BCUT2D eigenvalue weighted by atomic mass is 35.5. The van der Waals surface area contributed by atoms with Crippen molar-refractivity contribution in [3.63, 3.8) is 0 Å². The number of carboxylic acids is 1. The third-order valence-electron chi connectivity index (χ3n) is 5.26. The number of nitrogens with zero attached hydrogens (tertiary/aromatic N) is 1. The van der Waals surface area contributed by atoms with Gasteiger partial charge in [-0.2, -0.15) is 0 Å². The first-order valence-electron chi connectivity index (χ1n) is 9.01. The number of carbonyl (C=O) groups is 3. The van der Waals surface area contributed by atoms with E-state index >= 15 is 0 Å². The van der Waals surface area contributed by atoms with E-state index in [1.54, 1.807) is 24.3 Å².